The molecule has 2 aromatic rings. The molecule has 1 atom stereocenters. The van der Waals surface area contributed by atoms with E-state index in [0.29, 0.717) is 17.2 Å². The fourth-order valence-corrected chi connectivity index (χ4v) is 4.31. The lowest BCUT2D eigenvalue weighted by Gasteiger charge is -2.35. The van der Waals surface area contributed by atoms with Crippen molar-refractivity contribution in [2.45, 2.75) is 12.6 Å². The molecule has 2 aromatic carbocycles. The summed E-state index contributed by atoms with van der Waals surface area (Å²) < 4.78 is 33.3. The Kier molecular flexibility index (Phi) is 6.99. The van der Waals surface area contributed by atoms with Gasteiger partial charge >= 0.3 is 6.03 Å². The monoisotopic (exact) mass is 463 g/mol. The second-order valence-corrected chi connectivity index (χ2v) is 8.97. The number of nitrogens with two attached hydrogens (primary N) is 1. The van der Waals surface area contributed by atoms with Gasteiger partial charge in [-0.15, -0.1) is 0 Å². The summed E-state index contributed by atoms with van der Waals surface area (Å²) in [6.45, 7) is 1.18. The minimum absolute atomic E-state index is 0.0125. The zero-order valence-electron chi connectivity index (χ0n) is 17.4. The number of amides is 3. The Morgan fingerprint density at radius 3 is 2.12 bits per heavy atom. The Morgan fingerprint density at radius 2 is 1.56 bits per heavy atom. The van der Waals surface area contributed by atoms with Gasteiger partial charge in [0.25, 0.3) is 16.1 Å². The van der Waals surface area contributed by atoms with Crippen LogP contribution in [-0.4, -0.2) is 66.6 Å². The van der Waals surface area contributed by atoms with Crippen molar-refractivity contribution in [3.05, 3.63) is 54.6 Å². The Morgan fingerprint density at radius 1 is 1.00 bits per heavy atom. The van der Waals surface area contributed by atoms with Crippen molar-refractivity contribution in [3.8, 4) is 11.5 Å². The minimum atomic E-state index is -4.16. The van der Waals surface area contributed by atoms with E-state index in [2.05, 4.69) is 5.32 Å². The quantitative estimate of drug-likeness (QED) is 0.442. The third-order valence-electron chi connectivity index (χ3n) is 4.76. The van der Waals surface area contributed by atoms with E-state index in [1.807, 2.05) is 35.1 Å². The smallest absolute Gasteiger partial charge is 0.321 e. The zero-order chi connectivity index (χ0) is 23.4. The summed E-state index contributed by atoms with van der Waals surface area (Å²) in [5.41, 5.74) is 3.13. The van der Waals surface area contributed by atoms with Crippen molar-refractivity contribution in [1.29, 1.82) is 0 Å². The fourth-order valence-electron chi connectivity index (χ4n) is 2.93. The van der Waals surface area contributed by atoms with Crippen molar-refractivity contribution in [1.82, 2.24) is 13.9 Å². The van der Waals surface area contributed by atoms with E-state index in [1.165, 1.54) is 4.90 Å². The Labute approximate surface area is 185 Å². The van der Waals surface area contributed by atoms with Crippen LogP contribution < -0.4 is 20.5 Å². The molecule has 1 heterocycles. The Bertz CT molecular complexity index is 1050. The van der Waals surface area contributed by atoms with Crippen molar-refractivity contribution >= 4 is 27.8 Å². The van der Waals surface area contributed by atoms with Gasteiger partial charge in [0.15, 0.2) is 0 Å². The van der Waals surface area contributed by atoms with Gasteiger partial charge in [-0.2, -0.15) is 17.4 Å². The number of anilines is 1. The van der Waals surface area contributed by atoms with Crippen molar-refractivity contribution in [2.24, 2.45) is 5.73 Å². The van der Waals surface area contributed by atoms with Gasteiger partial charge in [-0.05, 0) is 43.3 Å². The number of piperazine rings is 1. The maximum atomic E-state index is 12.5. The Hall–Kier alpha value is -3.19. The highest BCUT2D eigenvalue weighted by molar-refractivity contribution is 7.87. The number of primary amides is 1. The van der Waals surface area contributed by atoms with Crippen LogP contribution in [0.5, 0.6) is 11.5 Å². The van der Waals surface area contributed by atoms with Gasteiger partial charge in [-0.3, -0.25) is 4.79 Å². The van der Waals surface area contributed by atoms with Crippen LogP contribution in [0.15, 0.2) is 54.6 Å². The molecule has 1 aliphatic rings. The first kappa shape index (κ1) is 23.5. The van der Waals surface area contributed by atoms with Crippen molar-refractivity contribution in [3.63, 3.8) is 0 Å². The first-order valence-corrected chi connectivity index (χ1v) is 11.2. The van der Waals surface area contributed by atoms with Crippen LogP contribution in [-0.2, 0) is 15.0 Å². The van der Waals surface area contributed by atoms with E-state index >= 15 is 0 Å². The molecule has 0 spiro atoms. The number of hydrogen-bond donors (Lipinski definition) is 4. The molecule has 1 saturated heterocycles. The van der Waals surface area contributed by atoms with Gasteiger partial charge in [0, 0.05) is 31.9 Å². The summed E-state index contributed by atoms with van der Waals surface area (Å²) in [6, 6.07) is 15.8. The predicted molar refractivity (Wildman–Crippen MR) is 117 cm³/mol. The molecule has 0 aromatic heterocycles. The molecular weight excluding hydrogens is 438 g/mol. The molecule has 1 aliphatic heterocycles. The van der Waals surface area contributed by atoms with E-state index in [1.54, 1.807) is 24.3 Å². The van der Waals surface area contributed by atoms with E-state index in [4.69, 9.17) is 10.5 Å². The topological polar surface area (TPSA) is 154 Å². The normalized spacial score (nSPS) is 16.8. The number of nitrogens with one attached hydrogen (secondary N) is 2. The third-order valence-corrected chi connectivity index (χ3v) is 6.46. The molecule has 172 valence electrons. The van der Waals surface area contributed by atoms with Gasteiger partial charge < -0.3 is 25.8 Å². The van der Waals surface area contributed by atoms with Gasteiger partial charge in [-0.25, -0.2) is 4.79 Å². The summed E-state index contributed by atoms with van der Waals surface area (Å²) in [7, 11) is -4.16. The van der Waals surface area contributed by atoms with Crippen LogP contribution in [0, 0.1) is 0 Å². The fraction of sp³-hybridized carbons (Fsp3) is 0.300. The summed E-state index contributed by atoms with van der Waals surface area (Å²) in [6.07, 6.45) is 0. The van der Waals surface area contributed by atoms with Crippen LogP contribution in [0.3, 0.4) is 0 Å². The summed E-state index contributed by atoms with van der Waals surface area (Å²) in [4.78, 5) is 25.1. The highest BCUT2D eigenvalue weighted by Gasteiger charge is 2.37. The second kappa shape index (κ2) is 9.53. The average molecular weight is 464 g/mol. The lowest BCUT2D eigenvalue weighted by atomic mass is 10.3. The number of carbonyl (C=O) groups is 2. The molecular formula is C20H25N5O6S. The van der Waals surface area contributed by atoms with Gasteiger partial charge in [-0.1, -0.05) is 18.2 Å². The molecule has 0 unspecified atom stereocenters. The highest BCUT2D eigenvalue weighted by atomic mass is 32.2. The number of benzene rings is 2. The number of hydrogen-bond acceptors (Lipinski definition) is 6. The lowest BCUT2D eigenvalue weighted by molar-refractivity contribution is -0.135. The molecule has 0 aliphatic carbocycles. The molecule has 0 bridgehead atoms. The van der Waals surface area contributed by atoms with Gasteiger partial charge in [0.1, 0.15) is 11.5 Å². The van der Waals surface area contributed by atoms with Crippen LogP contribution in [0.2, 0.25) is 0 Å². The summed E-state index contributed by atoms with van der Waals surface area (Å²) >= 11 is 0. The van der Waals surface area contributed by atoms with Gasteiger partial charge in [0.2, 0.25) is 5.72 Å². The molecule has 0 saturated carbocycles. The van der Waals surface area contributed by atoms with E-state index in [0.717, 1.165) is 11.2 Å². The van der Waals surface area contributed by atoms with Crippen LogP contribution >= 0.6 is 0 Å². The first-order valence-electron chi connectivity index (χ1n) is 9.77. The highest BCUT2D eigenvalue weighted by Crippen LogP contribution is 2.23. The van der Waals surface area contributed by atoms with E-state index in [-0.39, 0.29) is 32.2 Å². The van der Waals surface area contributed by atoms with Crippen LogP contribution in [0.4, 0.5) is 10.5 Å². The number of urea groups is 1. The molecule has 5 N–H and O–H groups in total. The second-order valence-electron chi connectivity index (χ2n) is 7.30. The third kappa shape index (κ3) is 5.95. The minimum Gasteiger partial charge on any atom is -0.457 e. The zero-order valence-corrected chi connectivity index (χ0v) is 18.2. The summed E-state index contributed by atoms with van der Waals surface area (Å²) in [5, 5.41) is 12.5. The van der Waals surface area contributed by atoms with Gasteiger partial charge in [0.05, 0.1) is 0 Å². The van der Waals surface area contributed by atoms with Crippen LogP contribution in [0.25, 0.3) is 0 Å². The van der Waals surface area contributed by atoms with E-state index in [9.17, 15) is 23.1 Å². The molecule has 0 radical (unpaired) electrons. The number of aliphatic hydroxyl groups is 1. The Balaban J connectivity index is 1.52. The number of nitrogens with zero attached hydrogens (tertiary/aromatic N) is 2. The number of carbonyl (C=O) groups excluding carboxylic acids is 2. The predicted octanol–water partition coefficient (Wildman–Crippen LogP) is 0.657. The van der Waals surface area contributed by atoms with Crippen molar-refractivity contribution in [2.75, 3.05) is 31.5 Å². The maximum absolute atomic E-state index is 12.5. The molecule has 3 rings (SSSR count). The lowest BCUT2D eigenvalue weighted by Crippen LogP contribution is -2.61. The van der Waals surface area contributed by atoms with Crippen molar-refractivity contribution < 1.29 is 27.9 Å². The molecule has 12 heteroatoms. The van der Waals surface area contributed by atoms with Crippen LogP contribution in [0.1, 0.15) is 6.92 Å². The molecule has 32 heavy (non-hydrogen) atoms. The molecule has 11 nitrogen and oxygen atoms in total. The maximum Gasteiger partial charge on any atom is 0.321 e. The average Bonchev–Trinajstić information content (AvgIpc) is 2.75. The first-order chi connectivity index (χ1) is 15.1. The van der Waals surface area contributed by atoms with E-state index < -0.39 is 21.8 Å². The SMILES string of the molecule is C[C@](O)(NS(=O)(=O)N1CCN(C(=O)Nc2ccc(Oc3ccccc3)cc2)CC1)C(N)=O. The molecule has 3 amide bonds. The summed E-state index contributed by atoms with van der Waals surface area (Å²) in [5.74, 6) is 0.0931. The number of para-hydroxylation sites is 1. The number of rotatable bonds is 7. The molecule has 1 fully saturated rings. The standard InChI is InChI=1S/C20H25N5O6S/c1-20(28,18(21)26)23-32(29,30)25-13-11-24(12-14-25)19(27)22-15-7-9-17(10-8-15)31-16-5-3-2-4-6-16/h2-10,23,28H,11-14H2,1H3,(H2,21,26)(H,22,27)/t20-/m1/s1. The largest absolute Gasteiger partial charge is 0.457 e. The number of ether oxygens (including phenoxy) is 1.